The van der Waals surface area contributed by atoms with Crippen molar-refractivity contribution in [3.8, 4) is 11.5 Å². The molecular formula is C17H19Cl2NO. The first-order valence-electron chi connectivity index (χ1n) is 6.95. The highest BCUT2D eigenvalue weighted by Crippen LogP contribution is 2.35. The summed E-state index contributed by atoms with van der Waals surface area (Å²) in [6.45, 7) is 7.75. The lowest BCUT2D eigenvalue weighted by Crippen LogP contribution is -2.11. The van der Waals surface area contributed by atoms with Crippen molar-refractivity contribution in [3.63, 3.8) is 0 Å². The Bertz CT molecular complexity index is 618. The van der Waals surface area contributed by atoms with Gasteiger partial charge in [0.15, 0.2) is 0 Å². The van der Waals surface area contributed by atoms with Crippen molar-refractivity contribution in [3.05, 3.63) is 57.1 Å². The first-order valence-corrected chi connectivity index (χ1v) is 7.70. The summed E-state index contributed by atoms with van der Waals surface area (Å²) in [5, 5.41) is 4.59. The van der Waals surface area contributed by atoms with Crippen molar-refractivity contribution in [2.45, 2.75) is 27.3 Å². The maximum atomic E-state index is 6.32. The normalized spacial score (nSPS) is 10.7. The van der Waals surface area contributed by atoms with Crippen molar-refractivity contribution in [2.24, 2.45) is 0 Å². The van der Waals surface area contributed by atoms with E-state index in [-0.39, 0.29) is 0 Å². The molecule has 0 atom stereocenters. The Kier molecular flexibility index (Phi) is 5.51. The van der Waals surface area contributed by atoms with Gasteiger partial charge in [-0.3, -0.25) is 0 Å². The van der Waals surface area contributed by atoms with Gasteiger partial charge in [0.25, 0.3) is 0 Å². The molecule has 2 nitrogen and oxygen atoms in total. The number of rotatable bonds is 5. The summed E-state index contributed by atoms with van der Waals surface area (Å²) in [7, 11) is 0. The standard InChI is InChI=1S/C17H19Cl2NO/c1-4-20-10-13-5-6-16(15(19)9-13)21-17-11(2)7-14(18)8-12(17)3/h5-9,20H,4,10H2,1-3H3. The summed E-state index contributed by atoms with van der Waals surface area (Å²) in [6, 6.07) is 9.63. The van der Waals surface area contributed by atoms with Gasteiger partial charge in [0.2, 0.25) is 0 Å². The molecule has 2 rings (SSSR count). The molecule has 1 N–H and O–H groups in total. The number of ether oxygens (including phenoxy) is 1. The summed E-state index contributed by atoms with van der Waals surface area (Å²) < 4.78 is 5.97. The number of nitrogens with one attached hydrogen (secondary N) is 1. The molecule has 0 fully saturated rings. The van der Waals surface area contributed by atoms with Gasteiger partial charge < -0.3 is 10.1 Å². The number of halogens is 2. The summed E-state index contributed by atoms with van der Waals surface area (Å²) in [5.74, 6) is 1.46. The van der Waals surface area contributed by atoms with E-state index in [0.29, 0.717) is 15.8 Å². The first-order chi connectivity index (χ1) is 10.0. The Hall–Kier alpha value is -1.22. The largest absolute Gasteiger partial charge is 0.455 e. The van der Waals surface area contributed by atoms with E-state index < -0.39 is 0 Å². The summed E-state index contributed by atoms with van der Waals surface area (Å²) >= 11 is 12.4. The minimum absolute atomic E-state index is 0.610. The Labute approximate surface area is 136 Å². The molecule has 21 heavy (non-hydrogen) atoms. The fourth-order valence-corrected chi connectivity index (χ4v) is 2.74. The van der Waals surface area contributed by atoms with E-state index >= 15 is 0 Å². The van der Waals surface area contributed by atoms with E-state index in [4.69, 9.17) is 27.9 Å². The second-order valence-corrected chi connectivity index (χ2v) is 5.86. The molecule has 112 valence electrons. The molecule has 0 radical (unpaired) electrons. The molecule has 0 aliphatic heterocycles. The van der Waals surface area contributed by atoms with Gasteiger partial charge in [-0.15, -0.1) is 0 Å². The van der Waals surface area contributed by atoms with Gasteiger partial charge in [-0.2, -0.15) is 0 Å². The van der Waals surface area contributed by atoms with Crippen molar-refractivity contribution in [1.29, 1.82) is 0 Å². The highest BCUT2D eigenvalue weighted by atomic mass is 35.5. The van der Waals surface area contributed by atoms with Crippen LogP contribution in [-0.2, 0) is 6.54 Å². The lowest BCUT2D eigenvalue weighted by Gasteiger charge is -2.14. The third kappa shape index (κ3) is 4.13. The van der Waals surface area contributed by atoms with Crippen LogP contribution in [0.15, 0.2) is 30.3 Å². The molecule has 0 aliphatic rings. The quantitative estimate of drug-likeness (QED) is 0.783. The predicted octanol–water partition coefficient (Wildman–Crippen LogP) is 5.51. The fraction of sp³-hybridized carbons (Fsp3) is 0.294. The fourth-order valence-electron chi connectivity index (χ4n) is 2.17. The summed E-state index contributed by atoms with van der Waals surface area (Å²) in [5.41, 5.74) is 3.12. The highest BCUT2D eigenvalue weighted by molar-refractivity contribution is 6.32. The van der Waals surface area contributed by atoms with E-state index in [1.807, 2.05) is 44.2 Å². The maximum Gasteiger partial charge on any atom is 0.146 e. The van der Waals surface area contributed by atoms with Crippen molar-refractivity contribution in [2.75, 3.05) is 6.54 Å². The Morgan fingerprint density at radius 1 is 1.05 bits per heavy atom. The van der Waals surface area contributed by atoms with Crippen LogP contribution in [0.25, 0.3) is 0 Å². The zero-order valence-electron chi connectivity index (χ0n) is 12.5. The van der Waals surface area contributed by atoms with E-state index in [9.17, 15) is 0 Å². The van der Waals surface area contributed by atoms with Crippen LogP contribution in [0.3, 0.4) is 0 Å². The summed E-state index contributed by atoms with van der Waals surface area (Å²) in [6.07, 6.45) is 0. The molecular weight excluding hydrogens is 305 g/mol. The van der Waals surface area contributed by atoms with Gasteiger partial charge in [-0.25, -0.2) is 0 Å². The molecule has 0 unspecified atom stereocenters. The molecule has 0 aliphatic carbocycles. The number of aryl methyl sites for hydroxylation is 2. The Balaban J connectivity index is 2.24. The number of hydrogen-bond acceptors (Lipinski definition) is 2. The molecule has 4 heteroatoms. The van der Waals surface area contributed by atoms with E-state index in [2.05, 4.69) is 12.2 Å². The average Bonchev–Trinajstić information content (AvgIpc) is 2.42. The lowest BCUT2D eigenvalue weighted by molar-refractivity contribution is 0.475. The smallest absolute Gasteiger partial charge is 0.146 e. The molecule has 0 saturated carbocycles. The van der Waals surface area contributed by atoms with Crippen LogP contribution in [0.1, 0.15) is 23.6 Å². The molecule has 0 bridgehead atoms. The minimum Gasteiger partial charge on any atom is -0.455 e. The second kappa shape index (κ2) is 7.17. The van der Waals surface area contributed by atoms with Gasteiger partial charge in [0.1, 0.15) is 11.5 Å². The highest BCUT2D eigenvalue weighted by Gasteiger charge is 2.10. The van der Waals surface area contributed by atoms with Crippen molar-refractivity contribution in [1.82, 2.24) is 5.32 Å². The van der Waals surface area contributed by atoms with E-state index in [1.54, 1.807) is 0 Å². The Morgan fingerprint density at radius 3 is 2.29 bits per heavy atom. The maximum absolute atomic E-state index is 6.32. The zero-order valence-corrected chi connectivity index (χ0v) is 14.0. The summed E-state index contributed by atoms with van der Waals surface area (Å²) in [4.78, 5) is 0. The third-order valence-electron chi connectivity index (χ3n) is 3.21. The molecule has 0 aromatic heterocycles. The average molecular weight is 324 g/mol. The lowest BCUT2D eigenvalue weighted by atomic mass is 10.1. The van der Waals surface area contributed by atoms with E-state index in [1.165, 1.54) is 0 Å². The van der Waals surface area contributed by atoms with Gasteiger partial charge in [-0.1, -0.05) is 36.2 Å². The van der Waals surface area contributed by atoms with Gasteiger partial charge in [-0.05, 0) is 61.3 Å². The minimum atomic E-state index is 0.610. The first kappa shape index (κ1) is 16.2. The van der Waals surface area contributed by atoms with Crippen LogP contribution >= 0.6 is 23.2 Å². The zero-order chi connectivity index (χ0) is 15.4. The van der Waals surface area contributed by atoms with Crippen LogP contribution in [0, 0.1) is 13.8 Å². The predicted molar refractivity (Wildman–Crippen MR) is 89.8 cm³/mol. The van der Waals surface area contributed by atoms with Crippen LogP contribution in [0.5, 0.6) is 11.5 Å². The monoisotopic (exact) mass is 323 g/mol. The SMILES string of the molecule is CCNCc1ccc(Oc2c(C)cc(Cl)cc2C)c(Cl)c1. The van der Waals surface area contributed by atoms with E-state index in [0.717, 1.165) is 35.5 Å². The second-order valence-electron chi connectivity index (χ2n) is 5.02. The molecule has 0 saturated heterocycles. The van der Waals surface area contributed by atoms with Crippen LogP contribution in [-0.4, -0.2) is 6.54 Å². The van der Waals surface area contributed by atoms with Gasteiger partial charge in [0, 0.05) is 11.6 Å². The Morgan fingerprint density at radius 2 is 1.71 bits per heavy atom. The molecule has 0 spiro atoms. The van der Waals surface area contributed by atoms with Gasteiger partial charge in [0.05, 0.1) is 5.02 Å². The number of hydrogen-bond donors (Lipinski definition) is 1. The molecule has 2 aromatic carbocycles. The molecule has 2 aromatic rings. The van der Waals surface area contributed by atoms with Crippen LogP contribution in [0.4, 0.5) is 0 Å². The van der Waals surface area contributed by atoms with Gasteiger partial charge >= 0.3 is 0 Å². The van der Waals surface area contributed by atoms with Crippen LogP contribution < -0.4 is 10.1 Å². The third-order valence-corrected chi connectivity index (χ3v) is 3.73. The molecule has 0 heterocycles. The van der Waals surface area contributed by atoms with Crippen LogP contribution in [0.2, 0.25) is 10.0 Å². The van der Waals surface area contributed by atoms with Crippen molar-refractivity contribution >= 4 is 23.2 Å². The van der Waals surface area contributed by atoms with Crippen molar-refractivity contribution < 1.29 is 4.74 Å². The topological polar surface area (TPSA) is 21.3 Å². The molecule has 0 amide bonds. The number of benzene rings is 2.